The van der Waals surface area contributed by atoms with Crippen molar-refractivity contribution in [2.24, 2.45) is 0 Å². The van der Waals surface area contributed by atoms with Crippen LogP contribution in [0.25, 0.3) is 0 Å². The Morgan fingerprint density at radius 3 is 2.48 bits per heavy atom. The van der Waals surface area contributed by atoms with Crippen LogP contribution in [0.5, 0.6) is 0 Å². The van der Waals surface area contributed by atoms with Crippen molar-refractivity contribution < 1.29 is 30.8 Å². The molecular formula is C21H19F3N2O4S. The van der Waals surface area contributed by atoms with Crippen LogP contribution in [0.15, 0.2) is 70.2 Å². The zero-order chi connectivity index (χ0) is 22.6. The number of alkyl halides is 3. The molecule has 31 heavy (non-hydrogen) atoms. The molecule has 6 nitrogen and oxygen atoms in total. The Hall–Kier alpha value is -3.11. The van der Waals surface area contributed by atoms with Crippen molar-refractivity contribution in [3.05, 3.63) is 88.9 Å². The van der Waals surface area contributed by atoms with Crippen LogP contribution in [0, 0.1) is 6.92 Å². The van der Waals surface area contributed by atoms with E-state index in [1.165, 1.54) is 36.6 Å². The number of carbonyl (C=O) groups excluding carboxylic acids is 1. The van der Waals surface area contributed by atoms with E-state index in [2.05, 4.69) is 10.0 Å². The number of amides is 1. The van der Waals surface area contributed by atoms with E-state index in [1.54, 1.807) is 19.1 Å². The van der Waals surface area contributed by atoms with Gasteiger partial charge in [0.25, 0.3) is 5.91 Å². The van der Waals surface area contributed by atoms with Gasteiger partial charge in [0, 0.05) is 12.1 Å². The SMILES string of the molecule is Cc1ccc(S(=O)(=O)NCc2ccco2)cc1C(=O)NCc1cccc(C(F)(F)F)c1. The van der Waals surface area contributed by atoms with E-state index in [1.807, 2.05) is 0 Å². The molecule has 0 radical (unpaired) electrons. The predicted molar refractivity (Wildman–Crippen MR) is 107 cm³/mol. The lowest BCUT2D eigenvalue weighted by molar-refractivity contribution is -0.137. The molecule has 1 amide bonds. The Morgan fingerprint density at radius 2 is 1.81 bits per heavy atom. The lowest BCUT2D eigenvalue weighted by Gasteiger charge is -2.12. The molecule has 2 aromatic carbocycles. The molecule has 0 saturated heterocycles. The van der Waals surface area contributed by atoms with Gasteiger partial charge in [-0.05, 0) is 54.4 Å². The van der Waals surface area contributed by atoms with Crippen LogP contribution < -0.4 is 10.0 Å². The van der Waals surface area contributed by atoms with Gasteiger partial charge in [-0.3, -0.25) is 4.79 Å². The van der Waals surface area contributed by atoms with Gasteiger partial charge in [0.05, 0.1) is 23.3 Å². The lowest BCUT2D eigenvalue weighted by atomic mass is 10.1. The average molecular weight is 452 g/mol. The standard InChI is InChI=1S/C21H19F3N2O4S/c1-14-7-8-18(31(28,29)26-13-17-6-3-9-30-17)11-19(14)20(27)25-12-15-4-2-5-16(10-15)21(22,23)24/h2-11,26H,12-13H2,1H3,(H,25,27). The number of rotatable bonds is 7. The maximum Gasteiger partial charge on any atom is 0.416 e. The van der Waals surface area contributed by atoms with E-state index in [0.717, 1.165) is 12.1 Å². The highest BCUT2D eigenvalue weighted by molar-refractivity contribution is 7.89. The molecule has 3 aromatic rings. The summed E-state index contributed by atoms with van der Waals surface area (Å²) in [4.78, 5) is 12.5. The van der Waals surface area contributed by atoms with Crippen molar-refractivity contribution in [3.8, 4) is 0 Å². The summed E-state index contributed by atoms with van der Waals surface area (Å²) in [6, 6.07) is 11.9. The Morgan fingerprint density at radius 1 is 1.03 bits per heavy atom. The molecule has 0 unspecified atom stereocenters. The van der Waals surface area contributed by atoms with Crippen LogP contribution in [0.2, 0.25) is 0 Å². The van der Waals surface area contributed by atoms with E-state index >= 15 is 0 Å². The maximum atomic E-state index is 12.8. The van der Waals surface area contributed by atoms with Gasteiger partial charge in [-0.15, -0.1) is 0 Å². The first-order chi connectivity index (χ1) is 14.6. The Bertz CT molecular complexity index is 1170. The minimum atomic E-state index is -4.48. The summed E-state index contributed by atoms with van der Waals surface area (Å²) in [6.07, 6.45) is -3.07. The van der Waals surface area contributed by atoms with Gasteiger partial charge in [-0.2, -0.15) is 13.2 Å². The molecular weight excluding hydrogens is 433 g/mol. The second-order valence-corrected chi connectivity index (χ2v) is 8.53. The van der Waals surface area contributed by atoms with E-state index < -0.39 is 27.7 Å². The van der Waals surface area contributed by atoms with Gasteiger partial charge >= 0.3 is 6.18 Å². The molecule has 1 heterocycles. The minimum Gasteiger partial charge on any atom is -0.468 e. The number of carbonyl (C=O) groups is 1. The van der Waals surface area contributed by atoms with Gasteiger partial charge in [-0.1, -0.05) is 18.2 Å². The predicted octanol–water partition coefficient (Wildman–Crippen LogP) is 4.02. The van der Waals surface area contributed by atoms with Crippen molar-refractivity contribution in [1.82, 2.24) is 10.0 Å². The number of nitrogens with one attached hydrogen (secondary N) is 2. The largest absolute Gasteiger partial charge is 0.468 e. The van der Waals surface area contributed by atoms with Crippen LogP contribution in [0.4, 0.5) is 13.2 Å². The summed E-state index contributed by atoms with van der Waals surface area (Å²) in [5.41, 5.74) is 0.0789. The van der Waals surface area contributed by atoms with Crippen LogP contribution in [0.3, 0.4) is 0 Å². The number of halogens is 3. The molecule has 2 N–H and O–H groups in total. The molecule has 0 aliphatic rings. The topological polar surface area (TPSA) is 88.4 Å². The van der Waals surface area contributed by atoms with Crippen molar-refractivity contribution >= 4 is 15.9 Å². The fourth-order valence-electron chi connectivity index (χ4n) is 2.81. The number of furan rings is 1. The average Bonchev–Trinajstić information content (AvgIpc) is 3.24. The second kappa shape index (κ2) is 8.94. The molecule has 3 rings (SSSR count). The highest BCUT2D eigenvalue weighted by atomic mass is 32.2. The molecule has 0 spiro atoms. The molecule has 164 valence electrons. The van der Waals surface area contributed by atoms with Crippen molar-refractivity contribution in [2.45, 2.75) is 31.1 Å². The normalized spacial score (nSPS) is 12.0. The third-order valence-corrected chi connectivity index (χ3v) is 5.89. The molecule has 0 bridgehead atoms. The van der Waals surface area contributed by atoms with Gasteiger partial charge in [0.15, 0.2) is 0 Å². The van der Waals surface area contributed by atoms with Crippen LogP contribution in [0.1, 0.15) is 32.8 Å². The minimum absolute atomic E-state index is 0.0553. The van der Waals surface area contributed by atoms with Gasteiger partial charge in [0.2, 0.25) is 10.0 Å². The fourth-order valence-corrected chi connectivity index (χ4v) is 3.83. The first-order valence-corrected chi connectivity index (χ1v) is 10.6. The van der Waals surface area contributed by atoms with Crippen molar-refractivity contribution in [3.63, 3.8) is 0 Å². The van der Waals surface area contributed by atoms with Gasteiger partial charge in [-0.25, -0.2) is 13.1 Å². The number of aryl methyl sites for hydroxylation is 1. The number of benzene rings is 2. The van der Waals surface area contributed by atoms with Crippen molar-refractivity contribution in [1.29, 1.82) is 0 Å². The Labute approximate surface area is 177 Å². The van der Waals surface area contributed by atoms with E-state index in [9.17, 15) is 26.4 Å². The fraction of sp³-hybridized carbons (Fsp3) is 0.190. The molecule has 10 heteroatoms. The number of hydrogen-bond donors (Lipinski definition) is 2. The lowest BCUT2D eigenvalue weighted by Crippen LogP contribution is -2.26. The smallest absolute Gasteiger partial charge is 0.416 e. The molecule has 0 aliphatic carbocycles. The summed E-state index contributed by atoms with van der Waals surface area (Å²) in [5, 5.41) is 2.53. The Balaban J connectivity index is 1.73. The Kier molecular flexibility index (Phi) is 6.51. The summed E-state index contributed by atoms with van der Waals surface area (Å²) < 4.78 is 71.0. The molecule has 0 saturated carbocycles. The van der Waals surface area contributed by atoms with E-state index in [-0.39, 0.29) is 29.1 Å². The highest BCUT2D eigenvalue weighted by Gasteiger charge is 2.30. The molecule has 0 atom stereocenters. The van der Waals surface area contributed by atoms with Crippen LogP contribution in [-0.2, 0) is 29.3 Å². The zero-order valence-electron chi connectivity index (χ0n) is 16.4. The van der Waals surface area contributed by atoms with E-state index in [0.29, 0.717) is 11.3 Å². The monoisotopic (exact) mass is 452 g/mol. The highest BCUT2D eigenvalue weighted by Crippen LogP contribution is 2.29. The summed E-state index contributed by atoms with van der Waals surface area (Å²) in [7, 11) is -3.91. The quantitative estimate of drug-likeness (QED) is 0.567. The third kappa shape index (κ3) is 5.74. The zero-order valence-corrected chi connectivity index (χ0v) is 17.2. The summed E-state index contributed by atoms with van der Waals surface area (Å²) >= 11 is 0. The van der Waals surface area contributed by atoms with E-state index in [4.69, 9.17) is 4.42 Å². The first-order valence-electron chi connectivity index (χ1n) is 9.13. The van der Waals surface area contributed by atoms with Crippen LogP contribution >= 0.6 is 0 Å². The maximum absolute atomic E-state index is 12.8. The van der Waals surface area contributed by atoms with Crippen LogP contribution in [-0.4, -0.2) is 14.3 Å². The number of hydrogen-bond acceptors (Lipinski definition) is 4. The summed E-state index contributed by atoms with van der Waals surface area (Å²) in [6.45, 7) is 1.43. The van der Waals surface area contributed by atoms with Gasteiger partial charge < -0.3 is 9.73 Å². The number of sulfonamides is 1. The third-order valence-electron chi connectivity index (χ3n) is 4.49. The second-order valence-electron chi connectivity index (χ2n) is 6.76. The summed E-state index contributed by atoms with van der Waals surface area (Å²) in [5.74, 6) is -0.173. The molecule has 0 aliphatic heterocycles. The molecule has 1 aromatic heterocycles. The molecule has 0 fully saturated rings. The van der Waals surface area contributed by atoms with Crippen molar-refractivity contribution in [2.75, 3.05) is 0 Å². The first kappa shape index (κ1) is 22.6. The van der Waals surface area contributed by atoms with Gasteiger partial charge in [0.1, 0.15) is 5.76 Å².